The molecule has 0 heterocycles. The molecule has 0 aromatic heterocycles. The smallest absolute Gasteiger partial charge is 0.240 e. The van der Waals surface area contributed by atoms with Gasteiger partial charge in [0.15, 0.2) is 0 Å². The van der Waals surface area contributed by atoms with Gasteiger partial charge in [0.25, 0.3) is 0 Å². The van der Waals surface area contributed by atoms with Crippen molar-refractivity contribution in [2.45, 2.75) is 32.8 Å². The molecule has 0 aliphatic carbocycles. The van der Waals surface area contributed by atoms with Crippen molar-refractivity contribution in [3.63, 3.8) is 0 Å². The molecule has 0 atom stereocenters. The van der Waals surface area contributed by atoms with E-state index in [4.69, 9.17) is 9.47 Å². The fourth-order valence-electron chi connectivity index (χ4n) is 4.01. The van der Waals surface area contributed by atoms with Crippen LogP contribution in [0.1, 0.15) is 35.1 Å². The summed E-state index contributed by atoms with van der Waals surface area (Å²) in [5, 5.41) is 6.36. The normalized spacial score (nSPS) is 11.0. The zero-order valence-electron chi connectivity index (χ0n) is 20.2. The number of ether oxygens (including phenoxy) is 2. The highest BCUT2D eigenvalue weighted by atomic mass is 16.5. The van der Waals surface area contributed by atoms with E-state index in [0.29, 0.717) is 13.0 Å². The number of nitrogens with one attached hydrogen (secondary N) is 1. The third-order valence-electron chi connectivity index (χ3n) is 5.95. The maximum absolute atomic E-state index is 12.4. The number of carbonyl (C=O) groups is 1. The van der Waals surface area contributed by atoms with Crippen molar-refractivity contribution in [2.75, 3.05) is 7.11 Å². The average Bonchev–Trinajstić information content (AvgIpc) is 2.89. The van der Waals surface area contributed by atoms with E-state index in [2.05, 4.69) is 23.5 Å². The molecule has 0 spiro atoms. The summed E-state index contributed by atoms with van der Waals surface area (Å²) in [6, 6.07) is 28.1. The highest BCUT2D eigenvalue weighted by molar-refractivity contribution is 6.02. The average molecular weight is 467 g/mol. The minimum absolute atomic E-state index is 0.112. The standard InChI is InChI=1S/C30H30N2O3/c1-22-19-26(34-2)17-15-24(22)12-8-14-30(33)32-31-20-28-27-13-7-6-11-25(27)16-18-29(28)35-21-23-9-4-3-5-10-23/h3-7,9-11,13,15-20H,8,12,14,21H2,1-2H3,(H,32,33)/b31-20-. The van der Waals surface area contributed by atoms with Gasteiger partial charge < -0.3 is 9.47 Å². The van der Waals surface area contributed by atoms with Gasteiger partial charge in [-0.25, -0.2) is 5.43 Å². The lowest BCUT2D eigenvalue weighted by Crippen LogP contribution is -2.17. The second kappa shape index (κ2) is 11.8. The van der Waals surface area contributed by atoms with Crippen LogP contribution < -0.4 is 14.9 Å². The predicted molar refractivity (Wildman–Crippen MR) is 141 cm³/mol. The Morgan fingerprint density at radius 1 is 0.971 bits per heavy atom. The number of rotatable bonds is 10. The van der Waals surface area contributed by atoms with Crippen molar-refractivity contribution >= 4 is 22.9 Å². The van der Waals surface area contributed by atoms with E-state index in [-0.39, 0.29) is 5.91 Å². The lowest BCUT2D eigenvalue weighted by molar-refractivity contribution is -0.121. The molecule has 0 saturated heterocycles. The van der Waals surface area contributed by atoms with Crippen LogP contribution in [0.2, 0.25) is 0 Å². The number of methoxy groups -OCH3 is 1. The van der Waals surface area contributed by atoms with Gasteiger partial charge in [-0.15, -0.1) is 0 Å². The lowest BCUT2D eigenvalue weighted by Gasteiger charge is -2.12. The molecule has 35 heavy (non-hydrogen) atoms. The molecule has 4 aromatic rings. The quantitative estimate of drug-likeness (QED) is 0.223. The van der Waals surface area contributed by atoms with Crippen LogP contribution in [0.5, 0.6) is 11.5 Å². The van der Waals surface area contributed by atoms with Crippen LogP contribution >= 0.6 is 0 Å². The van der Waals surface area contributed by atoms with E-state index in [9.17, 15) is 4.79 Å². The summed E-state index contributed by atoms with van der Waals surface area (Å²) in [6.45, 7) is 2.51. The maximum Gasteiger partial charge on any atom is 0.240 e. The molecule has 0 fully saturated rings. The summed E-state index contributed by atoms with van der Waals surface area (Å²) >= 11 is 0. The van der Waals surface area contributed by atoms with Crippen LogP contribution in [0.15, 0.2) is 90.0 Å². The molecule has 0 radical (unpaired) electrons. The molecule has 0 aliphatic heterocycles. The number of benzene rings is 4. The van der Waals surface area contributed by atoms with Crippen LogP contribution in [-0.2, 0) is 17.8 Å². The Morgan fingerprint density at radius 3 is 2.57 bits per heavy atom. The van der Waals surface area contributed by atoms with Crippen molar-refractivity contribution in [1.82, 2.24) is 5.43 Å². The van der Waals surface area contributed by atoms with Crippen molar-refractivity contribution < 1.29 is 14.3 Å². The maximum atomic E-state index is 12.4. The molecule has 1 N–H and O–H groups in total. The first kappa shape index (κ1) is 24.0. The fourth-order valence-corrected chi connectivity index (χ4v) is 4.01. The van der Waals surface area contributed by atoms with Crippen molar-refractivity contribution in [1.29, 1.82) is 0 Å². The monoisotopic (exact) mass is 466 g/mol. The van der Waals surface area contributed by atoms with Gasteiger partial charge in [0.2, 0.25) is 5.91 Å². The van der Waals surface area contributed by atoms with Crippen LogP contribution in [0.25, 0.3) is 10.8 Å². The number of hydrogen-bond donors (Lipinski definition) is 1. The summed E-state index contributed by atoms with van der Waals surface area (Å²) in [7, 11) is 1.66. The van der Waals surface area contributed by atoms with E-state index in [1.165, 1.54) is 11.1 Å². The van der Waals surface area contributed by atoms with Gasteiger partial charge >= 0.3 is 0 Å². The second-order valence-corrected chi connectivity index (χ2v) is 8.41. The molecular weight excluding hydrogens is 436 g/mol. The zero-order chi connectivity index (χ0) is 24.5. The molecule has 0 unspecified atom stereocenters. The van der Waals surface area contributed by atoms with Gasteiger partial charge in [-0.05, 0) is 65.4 Å². The van der Waals surface area contributed by atoms with Gasteiger partial charge in [-0.2, -0.15) is 5.10 Å². The van der Waals surface area contributed by atoms with E-state index in [1.54, 1.807) is 13.3 Å². The number of fused-ring (bicyclic) bond motifs is 1. The highest BCUT2D eigenvalue weighted by Crippen LogP contribution is 2.27. The second-order valence-electron chi connectivity index (χ2n) is 8.41. The Morgan fingerprint density at radius 2 is 1.77 bits per heavy atom. The minimum atomic E-state index is -0.112. The molecule has 5 heteroatoms. The number of hydrogen-bond acceptors (Lipinski definition) is 4. The van der Waals surface area contributed by atoms with E-state index in [1.807, 2.05) is 78.9 Å². The number of amides is 1. The first-order valence-corrected chi connectivity index (χ1v) is 11.8. The summed E-state index contributed by atoms with van der Waals surface area (Å²) in [4.78, 5) is 12.4. The van der Waals surface area contributed by atoms with Crippen LogP contribution in [0.3, 0.4) is 0 Å². The Bertz CT molecular complexity index is 1320. The fraction of sp³-hybridized carbons (Fsp3) is 0.200. The van der Waals surface area contributed by atoms with E-state index >= 15 is 0 Å². The van der Waals surface area contributed by atoms with Crippen molar-refractivity contribution in [3.8, 4) is 11.5 Å². The predicted octanol–water partition coefficient (Wildman–Crippen LogP) is 6.21. The highest BCUT2D eigenvalue weighted by Gasteiger charge is 2.09. The molecule has 0 saturated carbocycles. The Kier molecular flexibility index (Phi) is 8.12. The SMILES string of the molecule is COc1ccc(CCCC(=O)N/N=C\c2c(OCc3ccccc3)ccc3ccccc23)c(C)c1. The van der Waals surface area contributed by atoms with Crippen molar-refractivity contribution in [3.05, 3.63) is 107 Å². The molecule has 0 aliphatic rings. The van der Waals surface area contributed by atoms with E-state index in [0.717, 1.165) is 46.2 Å². The first-order valence-electron chi connectivity index (χ1n) is 11.8. The molecule has 5 nitrogen and oxygen atoms in total. The minimum Gasteiger partial charge on any atom is -0.497 e. The third kappa shape index (κ3) is 6.48. The van der Waals surface area contributed by atoms with Gasteiger partial charge in [0.1, 0.15) is 18.1 Å². The van der Waals surface area contributed by atoms with Crippen LogP contribution in [0, 0.1) is 6.92 Å². The Balaban J connectivity index is 1.39. The van der Waals surface area contributed by atoms with Gasteiger partial charge in [0.05, 0.1) is 13.3 Å². The Hall–Kier alpha value is -4.12. The summed E-state index contributed by atoms with van der Waals surface area (Å²) < 4.78 is 11.4. The topological polar surface area (TPSA) is 59.9 Å². The number of nitrogens with zero attached hydrogens (tertiary/aromatic N) is 1. The molecule has 0 bridgehead atoms. The van der Waals surface area contributed by atoms with E-state index < -0.39 is 0 Å². The van der Waals surface area contributed by atoms with Gasteiger partial charge in [0, 0.05) is 12.0 Å². The third-order valence-corrected chi connectivity index (χ3v) is 5.95. The molecule has 1 amide bonds. The zero-order valence-corrected chi connectivity index (χ0v) is 20.2. The molecule has 4 rings (SSSR count). The summed E-state index contributed by atoms with van der Waals surface area (Å²) in [5.74, 6) is 1.46. The molecular formula is C30H30N2O3. The van der Waals surface area contributed by atoms with Crippen LogP contribution in [-0.4, -0.2) is 19.2 Å². The van der Waals surface area contributed by atoms with Gasteiger partial charge in [-0.1, -0.05) is 66.7 Å². The van der Waals surface area contributed by atoms with Crippen molar-refractivity contribution in [2.24, 2.45) is 5.10 Å². The molecule has 4 aromatic carbocycles. The number of hydrazone groups is 1. The summed E-state index contributed by atoms with van der Waals surface area (Å²) in [6.07, 6.45) is 3.64. The van der Waals surface area contributed by atoms with Crippen LogP contribution in [0.4, 0.5) is 0 Å². The Labute approximate surface area is 206 Å². The number of aryl methyl sites for hydroxylation is 2. The molecule has 178 valence electrons. The van der Waals surface area contributed by atoms with Gasteiger partial charge in [-0.3, -0.25) is 4.79 Å². The summed E-state index contributed by atoms with van der Waals surface area (Å²) in [5.41, 5.74) is 6.99. The lowest BCUT2D eigenvalue weighted by atomic mass is 10.0. The largest absolute Gasteiger partial charge is 0.497 e. The number of carbonyl (C=O) groups excluding carboxylic acids is 1. The first-order chi connectivity index (χ1) is 17.1.